The van der Waals surface area contributed by atoms with Crippen LogP contribution < -0.4 is 5.32 Å². The van der Waals surface area contributed by atoms with Crippen LogP contribution in [0.1, 0.15) is 44.7 Å². The Balaban J connectivity index is 1.43. The molecule has 0 aromatic heterocycles. The zero-order valence-corrected chi connectivity index (χ0v) is 15.1. The number of hydrogen-bond donors (Lipinski definition) is 1. The zero-order valence-electron chi connectivity index (χ0n) is 15.1. The van der Waals surface area contributed by atoms with Gasteiger partial charge < -0.3 is 5.32 Å². The Morgan fingerprint density at radius 1 is 1.07 bits per heavy atom. The first-order valence-corrected chi connectivity index (χ1v) is 8.93. The lowest BCUT2D eigenvalue weighted by molar-refractivity contribution is -0.121. The molecular weight excluding hydrogens is 347 g/mol. The van der Waals surface area contributed by atoms with E-state index in [2.05, 4.69) is 5.32 Å². The van der Waals surface area contributed by atoms with Gasteiger partial charge >= 0.3 is 0 Å². The fourth-order valence-corrected chi connectivity index (χ4v) is 3.13. The van der Waals surface area contributed by atoms with Gasteiger partial charge in [-0.3, -0.25) is 19.3 Å². The van der Waals surface area contributed by atoms with Crippen molar-refractivity contribution in [3.05, 3.63) is 70.5 Å². The molecule has 2 aromatic rings. The molecule has 0 atom stereocenters. The van der Waals surface area contributed by atoms with Crippen LogP contribution in [0, 0.1) is 12.7 Å². The van der Waals surface area contributed by atoms with Crippen LogP contribution in [0.2, 0.25) is 0 Å². The Morgan fingerprint density at radius 2 is 1.85 bits per heavy atom. The molecule has 3 amide bonds. The predicted octanol–water partition coefficient (Wildman–Crippen LogP) is 2.87. The third-order valence-corrected chi connectivity index (χ3v) is 4.54. The van der Waals surface area contributed by atoms with Crippen LogP contribution in [0.3, 0.4) is 0 Å². The van der Waals surface area contributed by atoms with E-state index in [1.54, 1.807) is 30.3 Å². The van der Waals surface area contributed by atoms with E-state index in [9.17, 15) is 18.8 Å². The fraction of sp³-hybridized carbons (Fsp3) is 0.286. The SMILES string of the molecule is Cc1ccc2c(c1)C(=O)N(CCCC(=O)NCCc1cccc(F)c1)C2=O. The van der Waals surface area contributed by atoms with Crippen LogP contribution in [-0.2, 0) is 11.2 Å². The second kappa shape index (κ2) is 8.12. The van der Waals surface area contributed by atoms with Gasteiger partial charge in [0.15, 0.2) is 0 Å². The van der Waals surface area contributed by atoms with Crippen LogP contribution in [0.4, 0.5) is 4.39 Å². The molecule has 5 nitrogen and oxygen atoms in total. The molecule has 1 heterocycles. The first-order valence-electron chi connectivity index (χ1n) is 8.93. The van der Waals surface area contributed by atoms with Gasteiger partial charge in [-0.2, -0.15) is 0 Å². The molecule has 140 valence electrons. The van der Waals surface area contributed by atoms with Crippen molar-refractivity contribution in [1.82, 2.24) is 10.2 Å². The number of fused-ring (bicyclic) bond motifs is 1. The molecule has 0 saturated carbocycles. The van der Waals surface area contributed by atoms with Gasteiger partial charge in [0.1, 0.15) is 5.82 Å². The van der Waals surface area contributed by atoms with Crippen LogP contribution in [0.5, 0.6) is 0 Å². The normalized spacial score (nSPS) is 13.0. The minimum Gasteiger partial charge on any atom is -0.356 e. The lowest BCUT2D eigenvalue weighted by Crippen LogP contribution is -2.32. The number of amides is 3. The van der Waals surface area contributed by atoms with E-state index in [0.29, 0.717) is 30.5 Å². The van der Waals surface area contributed by atoms with E-state index in [1.165, 1.54) is 17.0 Å². The third kappa shape index (κ3) is 4.39. The maximum absolute atomic E-state index is 13.1. The molecular formula is C21H21FN2O3. The van der Waals surface area contributed by atoms with E-state index in [4.69, 9.17) is 0 Å². The Morgan fingerprint density at radius 3 is 2.63 bits per heavy atom. The highest BCUT2D eigenvalue weighted by molar-refractivity contribution is 6.21. The maximum Gasteiger partial charge on any atom is 0.261 e. The standard InChI is InChI=1S/C21H21FN2O3/c1-14-7-8-17-18(12-14)21(27)24(20(17)26)11-3-6-19(25)23-10-9-15-4-2-5-16(22)13-15/h2,4-5,7-8,12-13H,3,6,9-11H2,1H3,(H,23,25). The average molecular weight is 368 g/mol. The smallest absolute Gasteiger partial charge is 0.261 e. The number of carbonyl (C=O) groups is 3. The largest absolute Gasteiger partial charge is 0.356 e. The molecule has 0 radical (unpaired) electrons. The van der Waals surface area contributed by atoms with Crippen molar-refractivity contribution in [1.29, 1.82) is 0 Å². The van der Waals surface area contributed by atoms with E-state index in [1.807, 2.05) is 6.92 Å². The maximum atomic E-state index is 13.1. The van der Waals surface area contributed by atoms with Crippen LogP contribution in [0.25, 0.3) is 0 Å². The van der Waals surface area contributed by atoms with Crippen molar-refractivity contribution in [3.63, 3.8) is 0 Å². The number of imide groups is 1. The average Bonchev–Trinajstić information content (AvgIpc) is 2.86. The van der Waals surface area contributed by atoms with Gasteiger partial charge in [-0.25, -0.2) is 4.39 Å². The second-order valence-corrected chi connectivity index (χ2v) is 6.64. The molecule has 1 aliphatic heterocycles. The molecule has 0 bridgehead atoms. The molecule has 1 N–H and O–H groups in total. The fourth-order valence-electron chi connectivity index (χ4n) is 3.13. The summed E-state index contributed by atoms with van der Waals surface area (Å²) in [5.74, 6) is -1.06. The summed E-state index contributed by atoms with van der Waals surface area (Å²) < 4.78 is 13.1. The Kier molecular flexibility index (Phi) is 5.64. The molecule has 0 aliphatic carbocycles. The molecule has 2 aromatic carbocycles. The minimum atomic E-state index is -0.304. The van der Waals surface area contributed by atoms with E-state index >= 15 is 0 Å². The van der Waals surface area contributed by atoms with Crippen LogP contribution >= 0.6 is 0 Å². The Labute approximate surface area is 157 Å². The van der Waals surface area contributed by atoms with Crippen molar-refractivity contribution in [3.8, 4) is 0 Å². The minimum absolute atomic E-state index is 0.154. The summed E-state index contributed by atoms with van der Waals surface area (Å²) in [6, 6.07) is 11.5. The molecule has 3 rings (SSSR count). The number of aryl methyl sites for hydroxylation is 1. The molecule has 6 heteroatoms. The van der Waals surface area contributed by atoms with Crippen molar-refractivity contribution < 1.29 is 18.8 Å². The van der Waals surface area contributed by atoms with Crippen molar-refractivity contribution in [2.24, 2.45) is 0 Å². The molecule has 0 unspecified atom stereocenters. The van der Waals surface area contributed by atoms with E-state index < -0.39 is 0 Å². The predicted molar refractivity (Wildman–Crippen MR) is 98.9 cm³/mol. The van der Waals surface area contributed by atoms with Gasteiger partial charge in [-0.1, -0.05) is 23.8 Å². The summed E-state index contributed by atoms with van der Waals surface area (Å²) in [6.07, 6.45) is 1.16. The van der Waals surface area contributed by atoms with Crippen molar-refractivity contribution in [2.45, 2.75) is 26.2 Å². The molecule has 0 saturated heterocycles. The van der Waals surface area contributed by atoms with Gasteiger partial charge in [0.05, 0.1) is 11.1 Å². The van der Waals surface area contributed by atoms with Crippen molar-refractivity contribution >= 4 is 17.7 Å². The number of rotatable bonds is 7. The molecule has 1 aliphatic rings. The summed E-state index contributed by atoms with van der Waals surface area (Å²) in [6.45, 7) is 2.49. The number of nitrogens with one attached hydrogen (secondary N) is 1. The summed E-state index contributed by atoms with van der Waals surface area (Å²) in [4.78, 5) is 37.8. The van der Waals surface area contributed by atoms with Crippen LogP contribution in [-0.4, -0.2) is 35.7 Å². The Hall–Kier alpha value is -3.02. The highest BCUT2D eigenvalue weighted by atomic mass is 19.1. The first-order chi connectivity index (χ1) is 13.0. The number of hydrogen-bond acceptors (Lipinski definition) is 3. The van der Waals surface area contributed by atoms with Gasteiger partial charge in [0.25, 0.3) is 11.8 Å². The highest BCUT2D eigenvalue weighted by Crippen LogP contribution is 2.24. The second-order valence-electron chi connectivity index (χ2n) is 6.64. The summed E-state index contributed by atoms with van der Waals surface area (Å²) in [5.41, 5.74) is 2.59. The lowest BCUT2D eigenvalue weighted by Gasteiger charge is -2.13. The van der Waals surface area contributed by atoms with E-state index in [0.717, 1.165) is 11.1 Å². The van der Waals surface area contributed by atoms with Gasteiger partial charge in [-0.15, -0.1) is 0 Å². The van der Waals surface area contributed by atoms with Gasteiger partial charge in [0, 0.05) is 19.5 Å². The Bertz CT molecular complexity index is 895. The first kappa shape index (κ1) is 18.8. The van der Waals surface area contributed by atoms with Gasteiger partial charge in [0.2, 0.25) is 5.91 Å². The topological polar surface area (TPSA) is 66.5 Å². The summed E-state index contributed by atoms with van der Waals surface area (Å²) in [7, 11) is 0. The van der Waals surface area contributed by atoms with Crippen LogP contribution in [0.15, 0.2) is 42.5 Å². The molecule has 27 heavy (non-hydrogen) atoms. The summed E-state index contributed by atoms with van der Waals surface area (Å²) in [5, 5.41) is 2.77. The quantitative estimate of drug-likeness (QED) is 0.764. The number of carbonyl (C=O) groups excluding carboxylic acids is 3. The zero-order chi connectivity index (χ0) is 19.4. The monoisotopic (exact) mass is 368 g/mol. The molecule has 0 spiro atoms. The van der Waals surface area contributed by atoms with Gasteiger partial charge in [-0.05, 0) is 49.6 Å². The molecule has 0 fully saturated rings. The third-order valence-electron chi connectivity index (χ3n) is 4.54. The number of halogens is 1. The number of benzene rings is 2. The van der Waals surface area contributed by atoms with Crippen molar-refractivity contribution in [2.75, 3.05) is 13.1 Å². The number of nitrogens with zero attached hydrogens (tertiary/aromatic N) is 1. The highest BCUT2D eigenvalue weighted by Gasteiger charge is 2.34. The lowest BCUT2D eigenvalue weighted by atomic mass is 10.1. The van der Waals surface area contributed by atoms with E-state index in [-0.39, 0.29) is 36.5 Å². The summed E-state index contributed by atoms with van der Waals surface area (Å²) >= 11 is 0.